The minimum absolute atomic E-state index is 0.0843. The lowest BCUT2D eigenvalue weighted by atomic mass is 9.79. The molecule has 0 nitrogen and oxygen atoms in total. The molecule has 10 rings (SSSR count). The summed E-state index contributed by atoms with van der Waals surface area (Å²) in [5, 5.41) is 6.51. The maximum absolute atomic E-state index is 2.49. The molecule has 1 aromatic heterocycles. The van der Waals surface area contributed by atoms with Gasteiger partial charge in [-0.3, -0.25) is 0 Å². The molecule has 0 amide bonds. The van der Waals surface area contributed by atoms with Gasteiger partial charge >= 0.3 is 0 Å². The fourth-order valence-electron chi connectivity index (χ4n) is 8.58. The molecule has 0 fully saturated rings. The van der Waals surface area contributed by atoms with Crippen LogP contribution in [0.15, 0.2) is 170 Å². The zero-order valence-corrected chi connectivity index (χ0v) is 28.9. The summed E-state index contributed by atoms with van der Waals surface area (Å²) >= 11 is 1.94. The number of fused-ring (bicyclic) bond motifs is 7. The van der Waals surface area contributed by atoms with E-state index in [1.165, 1.54) is 97.7 Å². The van der Waals surface area contributed by atoms with Crippen LogP contribution in [-0.2, 0) is 5.41 Å². The molecule has 0 saturated carbocycles. The lowest BCUT2D eigenvalue weighted by molar-refractivity contribution is 0.667. The Hall–Kier alpha value is -5.76. The van der Waals surface area contributed by atoms with Gasteiger partial charge in [0.25, 0.3) is 0 Å². The lowest BCUT2D eigenvalue weighted by Gasteiger charge is -2.23. The first kappa shape index (κ1) is 29.2. The molecule has 50 heavy (non-hydrogen) atoms. The number of hydrogen-bond donors (Lipinski definition) is 0. The van der Waals surface area contributed by atoms with Gasteiger partial charge in [-0.15, -0.1) is 11.3 Å². The Kier molecular flexibility index (Phi) is 6.50. The molecular weight excluding hydrogens is 621 g/mol. The average Bonchev–Trinajstić information content (AvgIpc) is 3.67. The SMILES string of the molecule is CC1(C)c2cc(-c3c4ccccc4c(-c4ccccc4-c4cccc(-c5ccccc5)c4)c4ccccc34)ccc2-c2sc3ccccc3c21. The molecule has 1 heterocycles. The quantitative estimate of drug-likeness (QED) is 0.166. The highest BCUT2D eigenvalue weighted by atomic mass is 32.1. The van der Waals surface area contributed by atoms with Crippen LogP contribution in [0.3, 0.4) is 0 Å². The van der Waals surface area contributed by atoms with Crippen molar-refractivity contribution in [1.82, 2.24) is 0 Å². The van der Waals surface area contributed by atoms with Crippen molar-refractivity contribution in [2.75, 3.05) is 0 Å². The van der Waals surface area contributed by atoms with Crippen molar-refractivity contribution in [2.45, 2.75) is 19.3 Å². The van der Waals surface area contributed by atoms with Crippen molar-refractivity contribution in [3.63, 3.8) is 0 Å². The predicted octanol–water partition coefficient (Wildman–Crippen LogP) is 14.2. The third-order valence-electron chi connectivity index (χ3n) is 10.9. The van der Waals surface area contributed by atoms with Crippen molar-refractivity contribution in [1.29, 1.82) is 0 Å². The zero-order valence-electron chi connectivity index (χ0n) is 28.1. The van der Waals surface area contributed by atoms with Gasteiger partial charge in [0.1, 0.15) is 0 Å². The molecule has 0 saturated heterocycles. The van der Waals surface area contributed by atoms with Gasteiger partial charge in [0, 0.05) is 15.0 Å². The Bertz CT molecular complexity index is 2720. The molecule has 0 aliphatic heterocycles. The second-order valence-electron chi connectivity index (χ2n) is 14.0. The molecule has 0 unspecified atom stereocenters. The van der Waals surface area contributed by atoms with Crippen molar-refractivity contribution in [2.24, 2.45) is 0 Å². The van der Waals surface area contributed by atoms with E-state index >= 15 is 0 Å². The van der Waals surface area contributed by atoms with E-state index in [0.717, 1.165) is 0 Å². The maximum atomic E-state index is 2.49. The summed E-state index contributed by atoms with van der Waals surface area (Å²) in [5.41, 5.74) is 14.2. The van der Waals surface area contributed by atoms with E-state index in [0.29, 0.717) is 0 Å². The Morgan fingerprint density at radius 2 is 0.940 bits per heavy atom. The van der Waals surface area contributed by atoms with Gasteiger partial charge in [-0.25, -0.2) is 0 Å². The van der Waals surface area contributed by atoms with Crippen LogP contribution < -0.4 is 0 Å². The van der Waals surface area contributed by atoms with Crippen LogP contribution in [0.4, 0.5) is 0 Å². The van der Waals surface area contributed by atoms with E-state index in [2.05, 4.69) is 184 Å². The van der Waals surface area contributed by atoms with Gasteiger partial charge in [-0.1, -0.05) is 166 Å². The molecule has 0 N–H and O–H groups in total. The van der Waals surface area contributed by atoms with Crippen LogP contribution in [0.5, 0.6) is 0 Å². The second kappa shape index (κ2) is 11.1. The molecule has 0 bridgehead atoms. The van der Waals surface area contributed by atoms with Crippen LogP contribution in [0.2, 0.25) is 0 Å². The van der Waals surface area contributed by atoms with Gasteiger partial charge in [0.15, 0.2) is 0 Å². The molecule has 0 spiro atoms. The smallest absolute Gasteiger partial charge is 0.0399 e. The van der Waals surface area contributed by atoms with Gasteiger partial charge in [-0.05, 0) is 106 Å². The summed E-state index contributed by atoms with van der Waals surface area (Å²) in [6.45, 7) is 4.81. The van der Waals surface area contributed by atoms with Crippen molar-refractivity contribution in [3.05, 3.63) is 181 Å². The maximum Gasteiger partial charge on any atom is 0.0399 e. The van der Waals surface area contributed by atoms with Gasteiger partial charge < -0.3 is 0 Å². The molecule has 9 aromatic rings. The topological polar surface area (TPSA) is 0 Å². The van der Waals surface area contributed by atoms with Crippen LogP contribution >= 0.6 is 11.3 Å². The standard InChI is InChI=1S/C49H34S/c1-49(2)43-30-34(27-28-41(43)48-47(49)42-25-12-13-26-44(42)50-48)45-37-21-8-10-23-39(37)46(40-24-11-9-22-38(40)45)36-20-7-6-19-35(36)33-18-14-17-32(29-33)31-15-4-3-5-16-31/h3-30H,1-2H3. The highest BCUT2D eigenvalue weighted by Gasteiger charge is 2.39. The summed E-state index contributed by atoms with van der Waals surface area (Å²) in [6, 6.07) is 62.8. The minimum Gasteiger partial charge on any atom is -0.135 e. The molecule has 8 aromatic carbocycles. The van der Waals surface area contributed by atoms with E-state index in [1.807, 2.05) is 11.3 Å². The molecule has 0 radical (unpaired) electrons. The Morgan fingerprint density at radius 1 is 0.380 bits per heavy atom. The average molecular weight is 655 g/mol. The van der Waals surface area contributed by atoms with Crippen LogP contribution in [-0.4, -0.2) is 0 Å². The van der Waals surface area contributed by atoms with E-state index in [1.54, 1.807) is 0 Å². The molecule has 236 valence electrons. The molecule has 1 heteroatoms. The highest BCUT2D eigenvalue weighted by Crippen LogP contribution is 2.56. The first-order valence-electron chi connectivity index (χ1n) is 17.4. The third kappa shape index (κ3) is 4.30. The minimum atomic E-state index is -0.0843. The predicted molar refractivity (Wildman–Crippen MR) is 216 cm³/mol. The van der Waals surface area contributed by atoms with Gasteiger partial charge in [0.05, 0.1) is 0 Å². The number of benzene rings is 8. The number of rotatable bonds is 4. The fraction of sp³-hybridized carbons (Fsp3) is 0.0612. The fourth-order valence-corrected chi connectivity index (χ4v) is 9.99. The normalized spacial score (nSPS) is 13.2. The summed E-state index contributed by atoms with van der Waals surface area (Å²) in [7, 11) is 0. The highest BCUT2D eigenvalue weighted by molar-refractivity contribution is 7.22. The Morgan fingerprint density at radius 3 is 1.66 bits per heavy atom. The summed E-state index contributed by atoms with van der Waals surface area (Å²) in [5.74, 6) is 0. The van der Waals surface area contributed by atoms with E-state index in [4.69, 9.17) is 0 Å². The van der Waals surface area contributed by atoms with Gasteiger partial charge in [0.2, 0.25) is 0 Å². The Balaban J connectivity index is 1.20. The summed E-state index contributed by atoms with van der Waals surface area (Å²) < 4.78 is 1.37. The Labute approximate surface area is 296 Å². The molecular formula is C49H34S. The first-order chi connectivity index (χ1) is 24.6. The van der Waals surface area contributed by atoms with E-state index < -0.39 is 0 Å². The second-order valence-corrected chi connectivity index (χ2v) is 15.1. The van der Waals surface area contributed by atoms with E-state index in [-0.39, 0.29) is 5.41 Å². The van der Waals surface area contributed by atoms with Crippen molar-refractivity contribution >= 4 is 43.0 Å². The summed E-state index contributed by atoms with van der Waals surface area (Å²) in [4.78, 5) is 1.43. The van der Waals surface area contributed by atoms with Gasteiger partial charge in [-0.2, -0.15) is 0 Å². The van der Waals surface area contributed by atoms with E-state index in [9.17, 15) is 0 Å². The van der Waals surface area contributed by atoms with Crippen molar-refractivity contribution in [3.8, 4) is 54.9 Å². The first-order valence-corrected chi connectivity index (χ1v) is 18.3. The lowest BCUT2D eigenvalue weighted by Crippen LogP contribution is -2.15. The van der Waals surface area contributed by atoms with Crippen molar-refractivity contribution < 1.29 is 0 Å². The van der Waals surface area contributed by atoms with Crippen LogP contribution in [0, 0.1) is 0 Å². The largest absolute Gasteiger partial charge is 0.135 e. The molecule has 0 atom stereocenters. The van der Waals surface area contributed by atoms with Crippen LogP contribution in [0.1, 0.15) is 25.0 Å². The number of hydrogen-bond acceptors (Lipinski definition) is 1. The van der Waals surface area contributed by atoms with Crippen LogP contribution in [0.25, 0.3) is 86.6 Å². The monoisotopic (exact) mass is 654 g/mol. The summed E-state index contributed by atoms with van der Waals surface area (Å²) in [6.07, 6.45) is 0. The number of thiophene rings is 1. The zero-order chi connectivity index (χ0) is 33.4. The third-order valence-corrected chi connectivity index (χ3v) is 12.1. The molecule has 1 aliphatic rings. The molecule has 1 aliphatic carbocycles.